The quantitative estimate of drug-likeness (QED) is 0.787. The molecule has 84 valence electrons. The molecule has 0 fully saturated rings. The minimum absolute atomic E-state index is 0.108. The summed E-state index contributed by atoms with van der Waals surface area (Å²) in [5, 5.41) is 6.85. The van der Waals surface area contributed by atoms with Crippen LogP contribution in [0.25, 0.3) is 0 Å². The number of anilines is 2. The van der Waals surface area contributed by atoms with Gasteiger partial charge >= 0.3 is 0 Å². The van der Waals surface area contributed by atoms with Gasteiger partial charge in [0.1, 0.15) is 0 Å². The van der Waals surface area contributed by atoms with Crippen LogP contribution in [0.5, 0.6) is 0 Å². The Bertz CT molecular complexity index is 311. The van der Waals surface area contributed by atoms with Crippen LogP contribution in [0.3, 0.4) is 0 Å². The van der Waals surface area contributed by atoms with Crippen LogP contribution in [-0.2, 0) is 0 Å². The SMILES string of the molecule is CC(C)Nc1cccc(NC(C)(C)C)c1. The Hall–Kier alpha value is -1.18. The summed E-state index contributed by atoms with van der Waals surface area (Å²) in [6, 6.07) is 8.86. The highest BCUT2D eigenvalue weighted by Gasteiger charge is 2.09. The molecule has 0 saturated heterocycles. The van der Waals surface area contributed by atoms with Crippen LogP contribution in [0.4, 0.5) is 11.4 Å². The molecule has 2 heteroatoms. The smallest absolute Gasteiger partial charge is 0.0364 e. The fourth-order valence-electron chi connectivity index (χ4n) is 1.45. The summed E-state index contributed by atoms with van der Waals surface area (Å²) in [5.74, 6) is 0. The highest BCUT2D eigenvalue weighted by molar-refractivity contribution is 5.57. The van der Waals surface area contributed by atoms with E-state index in [1.54, 1.807) is 0 Å². The molecule has 1 rings (SSSR count). The standard InChI is InChI=1S/C13H22N2/c1-10(2)14-11-7-6-8-12(9-11)15-13(3,4)5/h6-10,14-15H,1-5H3. The van der Waals surface area contributed by atoms with Crippen LogP contribution in [0.1, 0.15) is 34.6 Å². The van der Waals surface area contributed by atoms with Crippen LogP contribution in [-0.4, -0.2) is 11.6 Å². The summed E-state index contributed by atoms with van der Waals surface area (Å²) in [5.41, 5.74) is 2.43. The molecule has 0 aliphatic carbocycles. The molecule has 0 amide bonds. The summed E-state index contributed by atoms with van der Waals surface area (Å²) in [4.78, 5) is 0. The topological polar surface area (TPSA) is 24.1 Å². The van der Waals surface area contributed by atoms with E-state index in [1.807, 2.05) is 0 Å². The first-order valence-electron chi connectivity index (χ1n) is 5.51. The molecule has 2 N–H and O–H groups in total. The molecule has 1 aromatic rings. The average Bonchev–Trinajstić information content (AvgIpc) is 1.99. The van der Waals surface area contributed by atoms with Gasteiger partial charge in [-0.3, -0.25) is 0 Å². The minimum atomic E-state index is 0.108. The van der Waals surface area contributed by atoms with Gasteiger partial charge in [-0.1, -0.05) is 6.07 Å². The van der Waals surface area contributed by atoms with E-state index >= 15 is 0 Å². The first-order valence-corrected chi connectivity index (χ1v) is 5.51. The Labute approximate surface area is 93.1 Å². The predicted molar refractivity (Wildman–Crippen MR) is 68.6 cm³/mol. The highest BCUT2D eigenvalue weighted by atomic mass is 15.0. The fourth-order valence-corrected chi connectivity index (χ4v) is 1.45. The number of nitrogens with one attached hydrogen (secondary N) is 2. The first-order chi connectivity index (χ1) is 6.87. The van der Waals surface area contributed by atoms with E-state index in [4.69, 9.17) is 0 Å². The van der Waals surface area contributed by atoms with Crippen LogP contribution >= 0.6 is 0 Å². The van der Waals surface area contributed by atoms with E-state index in [1.165, 1.54) is 5.69 Å². The molecular formula is C13H22N2. The lowest BCUT2D eigenvalue weighted by Crippen LogP contribution is -2.26. The second-order valence-electron chi connectivity index (χ2n) is 5.25. The van der Waals surface area contributed by atoms with Crippen molar-refractivity contribution in [1.29, 1.82) is 0 Å². The van der Waals surface area contributed by atoms with Gasteiger partial charge in [0.15, 0.2) is 0 Å². The van der Waals surface area contributed by atoms with Crippen molar-refractivity contribution >= 4 is 11.4 Å². The van der Waals surface area contributed by atoms with Gasteiger partial charge in [0, 0.05) is 23.0 Å². The maximum Gasteiger partial charge on any atom is 0.0364 e. The zero-order chi connectivity index (χ0) is 11.5. The summed E-state index contributed by atoms with van der Waals surface area (Å²) in [6.07, 6.45) is 0. The van der Waals surface area contributed by atoms with Gasteiger partial charge in [-0.05, 0) is 52.8 Å². The van der Waals surface area contributed by atoms with Crippen LogP contribution in [0.2, 0.25) is 0 Å². The van der Waals surface area contributed by atoms with Crippen molar-refractivity contribution in [2.45, 2.75) is 46.2 Å². The molecule has 1 aromatic carbocycles. The summed E-state index contributed by atoms with van der Waals surface area (Å²) in [6.45, 7) is 10.8. The highest BCUT2D eigenvalue weighted by Crippen LogP contribution is 2.19. The Kier molecular flexibility index (Phi) is 3.61. The number of hydrogen-bond acceptors (Lipinski definition) is 2. The van der Waals surface area contributed by atoms with Crippen molar-refractivity contribution in [1.82, 2.24) is 0 Å². The van der Waals surface area contributed by atoms with Crippen molar-refractivity contribution in [3.8, 4) is 0 Å². The maximum absolute atomic E-state index is 3.45. The molecule has 0 saturated carbocycles. The second kappa shape index (κ2) is 4.56. The molecule has 0 aromatic heterocycles. The van der Waals surface area contributed by atoms with Crippen LogP contribution < -0.4 is 10.6 Å². The lowest BCUT2D eigenvalue weighted by molar-refractivity contribution is 0.634. The van der Waals surface area contributed by atoms with Gasteiger partial charge in [0.25, 0.3) is 0 Å². The van der Waals surface area contributed by atoms with E-state index in [9.17, 15) is 0 Å². The Morgan fingerprint density at radius 3 is 2.20 bits per heavy atom. The van der Waals surface area contributed by atoms with Gasteiger partial charge in [0.2, 0.25) is 0 Å². The van der Waals surface area contributed by atoms with Gasteiger partial charge in [-0.2, -0.15) is 0 Å². The van der Waals surface area contributed by atoms with Gasteiger partial charge in [-0.15, -0.1) is 0 Å². The lowest BCUT2D eigenvalue weighted by Gasteiger charge is -2.22. The first kappa shape index (κ1) is 11.9. The zero-order valence-corrected chi connectivity index (χ0v) is 10.4. The minimum Gasteiger partial charge on any atom is -0.383 e. The summed E-state index contributed by atoms with van der Waals surface area (Å²) < 4.78 is 0. The van der Waals surface area contributed by atoms with E-state index < -0.39 is 0 Å². The fraction of sp³-hybridized carbons (Fsp3) is 0.538. The molecule has 2 nitrogen and oxygen atoms in total. The van der Waals surface area contributed by atoms with E-state index in [0.717, 1.165) is 5.69 Å². The molecule has 15 heavy (non-hydrogen) atoms. The number of rotatable bonds is 3. The molecule has 0 aliphatic rings. The maximum atomic E-state index is 3.45. The lowest BCUT2D eigenvalue weighted by atomic mass is 10.1. The van der Waals surface area contributed by atoms with Crippen LogP contribution in [0, 0.1) is 0 Å². The zero-order valence-electron chi connectivity index (χ0n) is 10.4. The van der Waals surface area contributed by atoms with Crippen molar-refractivity contribution in [2.24, 2.45) is 0 Å². The van der Waals surface area contributed by atoms with E-state index in [0.29, 0.717) is 6.04 Å². The second-order valence-corrected chi connectivity index (χ2v) is 5.25. The molecule has 0 aliphatic heterocycles. The number of hydrogen-bond donors (Lipinski definition) is 2. The number of benzene rings is 1. The van der Waals surface area contributed by atoms with Gasteiger partial charge in [0.05, 0.1) is 0 Å². The van der Waals surface area contributed by atoms with Crippen molar-refractivity contribution in [3.05, 3.63) is 24.3 Å². The molecule has 0 radical (unpaired) electrons. The molecule has 0 bridgehead atoms. The normalized spacial score (nSPS) is 11.6. The monoisotopic (exact) mass is 206 g/mol. The molecular weight excluding hydrogens is 184 g/mol. The summed E-state index contributed by atoms with van der Waals surface area (Å²) in [7, 11) is 0. The predicted octanol–water partition coefficient (Wildman–Crippen LogP) is 3.72. The Morgan fingerprint density at radius 2 is 1.67 bits per heavy atom. The van der Waals surface area contributed by atoms with Crippen molar-refractivity contribution < 1.29 is 0 Å². The third-order valence-electron chi connectivity index (χ3n) is 1.84. The average molecular weight is 206 g/mol. The molecule has 0 heterocycles. The van der Waals surface area contributed by atoms with Crippen LogP contribution in [0.15, 0.2) is 24.3 Å². The van der Waals surface area contributed by atoms with Gasteiger partial charge < -0.3 is 10.6 Å². The Morgan fingerprint density at radius 1 is 1.07 bits per heavy atom. The largest absolute Gasteiger partial charge is 0.383 e. The van der Waals surface area contributed by atoms with Gasteiger partial charge in [-0.25, -0.2) is 0 Å². The molecule has 0 unspecified atom stereocenters. The third-order valence-corrected chi connectivity index (χ3v) is 1.84. The van der Waals surface area contributed by atoms with E-state index in [-0.39, 0.29) is 5.54 Å². The molecule has 0 atom stereocenters. The van der Waals surface area contributed by atoms with Crippen molar-refractivity contribution in [3.63, 3.8) is 0 Å². The van der Waals surface area contributed by atoms with Crippen molar-refractivity contribution in [2.75, 3.05) is 10.6 Å². The third kappa shape index (κ3) is 4.73. The summed E-state index contributed by atoms with van der Waals surface area (Å²) >= 11 is 0. The Balaban J connectivity index is 2.74. The molecule has 0 spiro atoms. The van der Waals surface area contributed by atoms with E-state index in [2.05, 4.69) is 69.5 Å².